The normalized spacial score (nSPS) is 10.6. The summed E-state index contributed by atoms with van der Waals surface area (Å²) in [6.07, 6.45) is 1.63. The third-order valence-corrected chi connectivity index (χ3v) is 3.93. The maximum Gasteiger partial charge on any atom is 0.278 e. The first kappa shape index (κ1) is 17.4. The molecule has 0 atom stereocenters. The van der Waals surface area contributed by atoms with E-state index in [-0.39, 0.29) is 11.4 Å². The Labute approximate surface area is 150 Å². The van der Waals surface area contributed by atoms with Crippen LogP contribution < -0.4 is 10.6 Å². The van der Waals surface area contributed by atoms with Crippen LogP contribution in [-0.4, -0.2) is 31.4 Å². The van der Waals surface area contributed by atoms with Gasteiger partial charge in [0, 0.05) is 31.2 Å². The molecule has 134 valence electrons. The summed E-state index contributed by atoms with van der Waals surface area (Å²) in [7, 11) is 1.76. The predicted octanol–water partition coefficient (Wildman–Crippen LogP) is 2.45. The number of aromatic nitrogens is 4. The van der Waals surface area contributed by atoms with Crippen molar-refractivity contribution < 1.29 is 9.59 Å². The van der Waals surface area contributed by atoms with Gasteiger partial charge < -0.3 is 10.6 Å². The van der Waals surface area contributed by atoms with Crippen molar-refractivity contribution in [3.05, 3.63) is 59.7 Å². The first-order chi connectivity index (χ1) is 12.5. The number of hydrogen-bond acceptors (Lipinski definition) is 4. The van der Waals surface area contributed by atoms with E-state index in [1.165, 1.54) is 0 Å². The van der Waals surface area contributed by atoms with Crippen LogP contribution in [0.5, 0.6) is 0 Å². The van der Waals surface area contributed by atoms with E-state index in [1.54, 1.807) is 40.8 Å². The second-order valence-corrected chi connectivity index (χ2v) is 5.82. The quantitative estimate of drug-likeness (QED) is 0.737. The van der Waals surface area contributed by atoms with Crippen LogP contribution in [0.1, 0.15) is 33.6 Å². The summed E-state index contributed by atoms with van der Waals surface area (Å²) in [5.41, 5.74) is 2.29. The van der Waals surface area contributed by atoms with Gasteiger partial charge in [0.15, 0.2) is 11.4 Å². The van der Waals surface area contributed by atoms with Crippen molar-refractivity contribution in [2.45, 2.75) is 20.4 Å². The van der Waals surface area contributed by atoms with Crippen LogP contribution >= 0.6 is 0 Å². The van der Waals surface area contributed by atoms with Crippen molar-refractivity contribution in [3.63, 3.8) is 0 Å². The zero-order valence-corrected chi connectivity index (χ0v) is 14.9. The van der Waals surface area contributed by atoms with Gasteiger partial charge in [0.2, 0.25) is 0 Å². The van der Waals surface area contributed by atoms with E-state index in [1.807, 2.05) is 32.0 Å². The maximum atomic E-state index is 12.6. The molecule has 2 heterocycles. The van der Waals surface area contributed by atoms with Gasteiger partial charge in [0.25, 0.3) is 11.8 Å². The van der Waals surface area contributed by atoms with Crippen LogP contribution in [0.2, 0.25) is 0 Å². The maximum absolute atomic E-state index is 12.6. The molecule has 0 spiro atoms. The van der Waals surface area contributed by atoms with Gasteiger partial charge in [-0.15, -0.1) is 0 Å². The van der Waals surface area contributed by atoms with Crippen molar-refractivity contribution >= 4 is 23.2 Å². The summed E-state index contributed by atoms with van der Waals surface area (Å²) in [5.74, 6) is -0.783. The molecular formula is C18H20N6O2. The highest BCUT2D eigenvalue weighted by atomic mass is 16.2. The van der Waals surface area contributed by atoms with E-state index >= 15 is 0 Å². The summed E-state index contributed by atoms with van der Waals surface area (Å²) >= 11 is 0. The number of amides is 2. The van der Waals surface area contributed by atoms with Crippen LogP contribution in [-0.2, 0) is 13.6 Å². The minimum Gasteiger partial charge on any atom is -0.321 e. The van der Waals surface area contributed by atoms with E-state index in [2.05, 4.69) is 20.8 Å². The van der Waals surface area contributed by atoms with Gasteiger partial charge in [-0.1, -0.05) is 18.2 Å². The topological polar surface area (TPSA) is 93.8 Å². The van der Waals surface area contributed by atoms with Crippen LogP contribution in [0.3, 0.4) is 0 Å². The number of anilines is 2. The van der Waals surface area contributed by atoms with Gasteiger partial charge in [-0.3, -0.25) is 19.0 Å². The molecule has 0 aliphatic carbocycles. The average molecular weight is 352 g/mol. The molecule has 0 fully saturated rings. The van der Waals surface area contributed by atoms with Crippen LogP contribution in [0, 0.1) is 6.92 Å². The molecule has 0 saturated carbocycles. The van der Waals surface area contributed by atoms with Crippen molar-refractivity contribution in [1.82, 2.24) is 19.6 Å². The molecule has 8 nitrogen and oxygen atoms in total. The zero-order chi connectivity index (χ0) is 18.7. The summed E-state index contributed by atoms with van der Waals surface area (Å²) in [5, 5.41) is 13.9. The van der Waals surface area contributed by atoms with Gasteiger partial charge in [0.05, 0.1) is 5.69 Å². The Morgan fingerprint density at radius 2 is 1.81 bits per heavy atom. The highest BCUT2D eigenvalue weighted by molar-refractivity contribution is 6.11. The SMILES string of the molecule is CCn1cc(NC(=O)c2cc(C)n(C)n2)c(C(=O)Nc2ccccc2)n1. The molecule has 0 saturated heterocycles. The van der Waals surface area contributed by atoms with E-state index in [9.17, 15) is 9.59 Å². The highest BCUT2D eigenvalue weighted by Crippen LogP contribution is 2.17. The largest absolute Gasteiger partial charge is 0.321 e. The molecule has 2 N–H and O–H groups in total. The molecule has 3 rings (SSSR count). The van der Waals surface area contributed by atoms with Gasteiger partial charge in [0.1, 0.15) is 0 Å². The molecule has 0 aliphatic heterocycles. The molecule has 3 aromatic rings. The number of aryl methyl sites for hydroxylation is 3. The molecular weight excluding hydrogens is 332 g/mol. The Kier molecular flexibility index (Phi) is 4.83. The smallest absolute Gasteiger partial charge is 0.278 e. The second kappa shape index (κ2) is 7.22. The van der Waals surface area contributed by atoms with E-state index in [0.717, 1.165) is 5.69 Å². The second-order valence-electron chi connectivity index (χ2n) is 5.82. The minimum atomic E-state index is -0.393. The molecule has 26 heavy (non-hydrogen) atoms. The fraction of sp³-hybridized carbons (Fsp3) is 0.222. The fourth-order valence-corrected chi connectivity index (χ4v) is 2.41. The third-order valence-electron chi connectivity index (χ3n) is 3.93. The molecule has 2 aromatic heterocycles. The van der Waals surface area contributed by atoms with E-state index < -0.39 is 11.8 Å². The summed E-state index contributed by atoms with van der Waals surface area (Å²) in [6, 6.07) is 10.8. The lowest BCUT2D eigenvalue weighted by molar-refractivity contribution is 0.102. The number of carbonyl (C=O) groups excluding carboxylic acids is 2. The van der Waals surface area contributed by atoms with Crippen molar-refractivity contribution in [1.29, 1.82) is 0 Å². The first-order valence-corrected chi connectivity index (χ1v) is 8.23. The monoisotopic (exact) mass is 352 g/mol. The van der Waals surface area contributed by atoms with Gasteiger partial charge in [-0.25, -0.2) is 0 Å². The van der Waals surface area contributed by atoms with Crippen LogP contribution in [0.15, 0.2) is 42.6 Å². The highest BCUT2D eigenvalue weighted by Gasteiger charge is 2.20. The van der Waals surface area contributed by atoms with Crippen molar-refractivity contribution in [3.8, 4) is 0 Å². The standard InChI is InChI=1S/C18H20N6O2/c1-4-24-11-15(20-17(25)14-10-12(2)23(3)21-14)16(22-24)18(26)19-13-8-6-5-7-9-13/h5-11H,4H2,1-3H3,(H,19,26)(H,20,25). The van der Waals surface area contributed by atoms with Gasteiger partial charge in [-0.05, 0) is 32.0 Å². The van der Waals surface area contributed by atoms with Crippen LogP contribution in [0.25, 0.3) is 0 Å². The van der Waals surface area contributed by atoms with Crippen LogP contribution in [0.4, 0.5) is 11.4 Å². The van der Waals surface area contributed by atoms with Crippen molar-refractivity contribution in [2.75, 3.05) is 10.6 Å². The lowest BCUT2D eigenvalue weighted by atomic mass is 10.3. The Bertz CT molecular complexity index is 923. The Balaban J connectivity index is 1.83. The number of carbonyl (C=O) groups is 2. The molecule has 0 radical (unpaired) electrons. The predicted molar refractivity (Wildman–Crippen MR) is 98.2 cm³/mol. The number of nitrogens with zero attached hydrogens (tertiary/aromatic N) is 4. The van der Waals surface area contributed by atoms with E-state index in [0.29, 0.717) is 17.9 Å². The summed E-state index contributed by atoms with van der Waals surface area (Å²) in [4.78, 5) is 25.0. The number of rotatable bonds is 5. The number of para-hydroxylation sites is 1. The first-order valence-electron chi connectivity index (χ1n) is 8.23. The molecule has 2 amide bonds. The summed E-state index contributed by atoms with van der Waals surface area (Å²) < 4.78 is 3.21. The van der Waals surface area contributed by atoms with Crippen molar-refractivity contribution in [2.24, 2.45) is 7.05 Å². The number of nitrogens with one attached hydrogen (secondary N) is 2. The molecule has 0 aliphatic rings. The minimum absolute atomic E-state index is 0.150. The van der Waals surface area contributed by atoms with Gasteiger partial charge >= 0.3 is 0 Å². The van der Waals surface area contributed by atoms with Gasteiger partial charge in [-0.2, -0.15) is 10.2 Å². The zero-order valence-electron chi connectivity index (χ0n) is 14.9. The third kappa shape index (κ3) is 3.64. The number of benzene rings is 1. The Morgan fingerprint density at radius 1 is 1.08 bits per heavy atom. The number of hydrogen-bond donors (Lipinski definition) is 2. The fourth-order valence-electron chi connectivity index (χ4n) is 2.41. The molecule has 0 unspecified atom stereocenters. The van der Waals surface area contributed by atoms with E-state index in [4.69, 9.17) is 0 Å². The Morgan fingerprint density at radius 3 is 2.42 bits per heavy atom. The lowest BCUT2D eigenvalue weighted by Gasteiger charge is -2.05. The molecule has 0 bridgehead atoms. The lowest BCUT2D eigenvalue weighted by Crippen LogP contribution is -2.18. The molecule has 1 aromatic carbocycles. The average Bonchev–Trinajstić information content (AvgIpc) is 3.19. The molecule has 8 heteroatoms. The summed E-state index contributed by atoms with van der Waals surface area (Å²) in [6.45, 7) is 4.33. The Hall–Kier alpha value is -3.42.